The van der Waals surface area contributed by atoms with E-state index in [-0.39, 0.29) is 17.1 Å². The first-order valence-electron chi connectivity index (χ1n) is 12.9. The molecule has 2 aromatic heterocycles. The van der Waals surface area contributed by atoms with Crippen molar-refractivity contribution in [3.05, 3.63) is 76.6 Å². The zero-order valence-electron chi connectivity index (χ0n) is 21.1. The summed E-state index contributed by atoms with van der Waals surface area (Å²) < 4.78 is 45.3. The number of benzene rings is 3. The maximum Gasteiger partial charge on any atom is 0.258 e. The summed E-state index contributed by atoms with van der Waals surface area (Å²) in [6, 6.07) is 11.1. The highest BCUT2D eigenvalue weighted by Gasteiger charge is 2.23. The fraction of sp³-hybridized carbons (Fsp3) is 0.250. The van der Waals surface area contributed by atoms with Gasteiger partial charge >= 0.3 is 0 Å². The Hall–Kier alpha value is -4.25. The van der Waals surface area contributed by atoms with Crippen molar-refractivity contribution in [1.82, 2.24) is 30.2 Å². The van der Waals surface area contributed by atoms with E-state index in [2.05, 4.69) is 30.9 Å². The molecule has 0 bridgehead atoms. The van der Waals surface area contributed by atoms with E-state index >= 15 is 0 Å². The van der Waals surface area contributed by atoms with Gasteiger partial charge in [-0.2, -0.15) is 0 Å². The number of aromatic amines is 1. The number of H-pyrrole nitrogens is 1. The molecule has 1 saturated carbocycles. The quantitative estimate of drug-likeness (QED) is 0.236. The summed E-state index contributed by atoms with van der Waals surface area (Å²) in [7, 11) is 0. The number of tetrazole rings is 1. The zero-order valence-corrected chi connectivity index (χ0v) is 21.9. The van der Waals surface area contributed by atoms with Crippen LogP contribution in [0, 0.1) is 23.4 Å². The molecule has 8 nitrogen and oxygen atoms in total. The minimum Gasteiger partial charge on any atom is -0.324 e. The van der Waals surface area contributed by atoms with Crippen LogP contribution < -0.4 is 5.32 Å². The van der Waals surface area contributed by atoms with E-state index in [1.807, 2.05) is 4.57 Å². The Labute approximate surface area is 231 Å². The minimum absolute atomic E-state index is 0.206. The number of aromatic nitrogens is 6. The number of fused-ring (bicyclic) bond motifs is 1. The van der Waals surface area contributed by atoms with Gasteiger partial charge in [0.1, 0.15) is 11.6 Å². The Morgan fingerprint density at radius 2 is 1.80 bits per heavy atom. The van der Waals surface area contributed by atoms with Crippen molar-refractivity contribution < 1.29 is 18.0 Å². The van der Waals surface area contributed by atoms with Gasteiger partial charge in [-0.05, 0) is 59.5 Å². The van der Waals surface area contributed by atoms with Crippen LogP contribution in [0.2, 0.25) is 5.02 Å². The number of nitrogens with zero attached hydrogens (tertiary/aromatic N) is 5. The van der Waals surface area contributed by atoms with Crippen LogP contribution >= 0.6 is 11.6 Å². The lowest BCUT2D eigenvalue weighted by molar-refractivity contribution is 0.102. The van der Waals surface area contributed by atoms with Crippen molar-refractivity contribution in [3.63, 3.8) is 0 Å². The van der Waals surface area contributed by atoms with Crippen molar-refractivity contribution in [2.24, 2.45) is 5.92 Å². The van der Waals surface area contributed by atoms with Gasteiger partial charge in [-0.1, -0.05) is 36.9 Å². The fourth-order valence-electron chi connectivity index (χ4n) is 5.27. The standard InChI is InChI=1S/C28H23ClF3N7O/c29-17-7-9-19(23(11-17)34-28(40)18-8-6-16(10-20(18)30)26-35-37-38-36-26)27-33-24-12-21(31)22(32)13-25(24)39(27)14-15-4-2-1-3-5-15/h6-13,15H,1-5,14H2,(H,34,40)(H,35,36,37,38). The van der Waals surface area contributed by atoms with Crippen LogP contribution in [0.4, 0.5) is 18.9 Å². The Bertz CT molecular complexity index is 1720. The second-order valence-electron chi connectivity index (χ2n) is 9.89. The van der Waals surface area contributed by atoms with Crippen LogP contribution in [0.15, 0.2) is 48.5 Å². The molecule has 5 aromatic rings. The Morgan fingerprint density at radius 1 is 1.00 bits per heavy atom. The normalized spacial score (nSPS) is 14.1. The molecule has 0 aliphatic heterocycles. The van der Waals surface area contributed by atoms with Gasteiger partial charge in [0.15, 0.2) is 17.5 Å². The maximum absolute atomic E-state index is 15.0. The first kappa shape index (κ1) is 26.0. The molecule has 12 heteroatoms. The van der Waals surface area contributed by atoms with E-state index in [1.54, 1.807) is 12.1 Å². The molecular formula is C28H23ClF3N7O. The second-order valence-corrected chi connectivity index (χ2v) is 10.3. The molecule has 40 heavy (non-hydrogen) atoms. The fourth-order valence-corrected chi connectivity index (χ4v) is 5.44. The number of imidazole rings is 1. The molecule has 204 valence electrons. The molecule has 1 fully saturated rings. The van der Waals surface area contributed by atoms with Crippen molar-refractivity contribution in [2.75, 3.05) is 5.32 Å². The number of anilines is 1. The molecule has 1 amide bonds. The van der Waals surface area contributed by atoms with E-state index in [1.165, 1.54) is 24.6 Å². The summed E-state index contributed by atoms with van der Waals surface area (Å²) in [6.45, 7) is 0.555. The molecule has 0 radical (unpaired) electrons. The van der Waals surface area contributed by atoms with Crippen molar-refractivity contribution in [3.8, 4) is 22.8 Å². The number of carbonyl (C=O) groups excluding carboxylic acids is 1. The summed E-state index contributed by atoms with van der Waals surface area (Å²) in [4.78, 5) is 17.9. The van der Waals surface area contributed by atoms with Gasteiger partial charge < -0.3 is 9.88 Å². The molecule has 1 aliphatic carbocycles. The number of halogens is 4. The molecule has 6 rings (SSSR count). The zero-order chi connectivity index (χ0) is 27.8. The molecule has 2 heterocycles. The number of rotatable bonds is 6. The molecule has 0 atom stereocenters. The predicted octanol–water partition coefficient (Wildman–Crippen LogP) is 6.79. The van der Waals surface area contributed by atoms with Crippen LogP contribution in [0.5, 0.6) is 0 Å². The Balaban J connectivity index is 1.40. The van der Waals surface area contributed by atoms with Gasteiger partial charge in [0.25, 0.3) is 5.91 Å². The summed E-state index contributed by atoms with van der Waals surface area (Å²) in [5, 5.41) is 16.3. The van der Waals surface area contributed by atoms with E-state index in [0.29, 0.717) is 45.5 Å². The first-order valence-corrected chi connectivity index (χ1v) is 13.3. The average Bonchev–Trinajstić information content (AvgIpc) is 3.59. The summed E-state index contributed by atoms with van der Waals surface area (Å²) in [5.74, 6) is -2.42. The van der Waals surface area contributed by atoms with E-state index in [9.17, 15) is 18.0 Å². The highest BCUT2D eigenvalue weighted by Crippen LogP contribution is 2.36. The largest absolute Gasteiger partial charge is 0.324 e. The third-order valence-electron chi connectivity index (χ3n) is 7.26. The molecule has 0 unspecified atom stereocenters. The van der Waals surface area contributed by atoms with Crippen molar-refractivity contribution in [2.45, 2.75) is 38.6 Å². The van der Waals surface area contributed by atoms with Gasteiger partial charge in [-0.3, -0.25) is 4.79 Å². The lowest BCUT2D eigenvalue weighted by Crippen LogP contribution is -2.17. The van der Waals surface area contributed by atoms with E-state index < -0.39 is 23.4 Å². The minimum atomic E-state index is -0.994. The number of hydrogen-bond donors (Lipinski definition) is 2. The molecular weight excluding hydrogens is 543 g/mol. The smallest absolute Gasteiger partial charge is 0.258 e. The second kappa shape index (κ2) is 10.7. The molecule has 1 aliphatic rings. The number of hydrogen-bond acceptors (Lipinski definition) is 5. The Morgan fingerprint density at radius 3 is 2.55 bits per heavy atom. The Kier molecular flexibility index (Phi) is 6.97. The number of amides is 1. The third kappa shape index (κ3) is 5.04. The molecule has 3 aromatic carbocycles. The van der Waals surface area contributed by atoms with Crippen molar-refractivity contribution in [1.29, 1.82) is 0 Å². The number of nitrogens with one attached hydrogen (secondary N) is 2. The summed E-state index contributed by atoms with van der Waals surface area (Å²) in [6.07, 6.45) is 5.43. The van der Waals surface area contributed by atoms with E-state index in [4.69, 9.17) is 11.6 Å². The predicted molar refractivity (Wildman–Crippen MR) is 144 cm³/mol. The van der Waals surface area contributed by atoms with Gasteiger partial charge in [-0.25, -0.2) is 23.3 Å². The first-order chi connectivity index (χ1) is 19.4. The lowest BCUT2D eigenvalue weighted by atomic mass is 9.89. The lowest BCUT2D eigenvalue weighted by Gasteiger charge is -2.23. The van der Waals surface area contributed by atoms with Crippen LogP contribution in [0.1, 0.15) is 42.5 Å². The van der Waals surface area contributed by atoms with Crippen molar-refractivity contribution >= 4 is 34.2 Å². The van der Waals surface area contributed by atoms with Gasteiger partial charge in [0.05, 0.1) is 22.3 Å². The molecule has 2 N–H and O–H groups in total. The number of carbonyl (C=O) groups is 1. The molecule has 0 saturated heterocycles. The highest BCUT2D eigenvalue weighted by atomic mass is 35.5. The monoisotopic (exact) mass is 565 g/mol. The maximum atomic E-state index is 15.0. The SMILES string of the molecule is O=C(Nc1cc(Cl)ccc1-c1nc2cc(F)c(F)cc2n1CC1CCCCC1)c1ccc(-c2nnn[nH]2)cc1F. The van der Waals surface area contributed by atoms with E-state index in [0.717, 1.165) is 43.9 Å². The van der Waals surface area contributed by atoms with Crippen LogP contribution in [0.3, 0.4) is 0 Å². The molecule has 0 spiro atoms. The van der Waals surface area contributed by atoms with Crippen LogP contribution in [0.25, 0.3) is 33.8 Å². The topological polar surface area (TPSA) is 101 Å². The summed E-state index contributed by atoms with van der Waals surface area (Å²) in [5.41, 5.74) is 1.67. The van der Waals surface area contributed by atoms with Gasteiger partial charge in [0.2, 0.25) is 0 Å². The highest BCUT2D eigenvalue weighted by molar-refractivity contribution is 6.31. The average molecular weight is 566 g/mol. The summed E-state index contributed by atoms with van der Waals surface area (Å²) >= 11 is 6.28. The van der Waals surface area contributed by atoms with Crippen LogP contribution in [-0.2, 0) is 6.54 Å². The van der Waals surface area contributed by atoms with Crippen LogP contribution in [-0.4, -0.2) is 36.1 Å². The van der Waals surface area contributed by atoms with Gasteiger partial charge in [0, 0.05) is 34.8 Å². The third-order valence-corrected chi connectivity index (χ3v) is 7.49. The van der Waals surface area contributed by atoms with Gasteiger partial charge in [-0.15, -0.1) is 5.10 Å².